The number of fused-ring (bicyclic) bond motifs is 3. The number of carboxylic acid groups (broad SMARTS) is 1. The van der Waals surface area contributed by atoms with E-state index in [1.807, 2.05) is 24.3 Å². The molecular weight excluding hydrogens is 444 g/mol. The molecule has 2 saturated carbocycles. The highest BCUT2D eigenvalue weighted by atomic mass is 16.5. The molecule has 3 aliphatic rings. The molecule has 3 aliphatic carbocycles. The number of carbonyl (C=O) groups excluding carboxylic acids is 2. The summed E-state index contributed by atoms with van der Waals surface area (Å²) in [4.78, 5) is 36.2. The lowest BCUT2D eigenvalue weighted by Crippen LogP contribution is -2.38. The number of ether oxygens (including phenoxy) is 1. The average Bonchev–Trinajstić information content (AvgIpc) is 3.55. The number of rotatable bonds is 7. The van der Waals surface area contributed by atoms with Gasteiger partial charge in [-0.15, -0.1) is 0 Å². The minimum atomic E-state index is -0.778. The Bertz CT molecular complexity index is 1070. The highest BCUT2D eigenvalue weighted by Gasteiger charge is 2.34. The molecular formula is C28H32N2O5. The first-order chi connectivity index (χ1) is 17.0. The van der Waals surface area contributed by atoms with E-state index < -0.39 is 12.1 Å². The number of aliphatic carboxylic acids is 1. The lowest BCUT2D eigenvalue weighted by molar-refractivity contribution is -0.138. The average molecular weight is 477 g/mol. The van der Waals surface area contributed by atoms with Crippen molar-refractivity contribution in [2.75, 3.05) is 6.61 Å². The maximum Gasteiger partial charge on any atom is 0.407 e. The Kier molecular flexibility index (Phi) is 6.75. The number of hydrogen-bond donors (Lipinski definition) is 3. The van der Waals surface area contributed by atoms with Crippen molar-refractivity contribution < 1.29 is 24.2 Å². The lowest BCUT2D eigenvalue weighted by atomic mass is 9.98. The third-order valence-corrected chi connectivity index (χ3v) is 7.82. The van der Waals surface area contributed by atoms with Gasteiger partial charge in [0.05, 0.1) is 0 Å². The maximum absolute atomic E-state index is 12.7. The van der Waals surface area contributed by atoms with Gasteiger partial charge in [0.2, 0.25) is 5.91 Å². The van der Waals surface area contributed by atoms with Crippen LogP contribution in [0, 0.1) is 11.8 Å². The largest absolute Gasteiger partial charge is 0.481 e. The van der Waals surface area contributed by atoms with E-state index in [0.717, 1.165) is 32.1 Å². The second kappa shape index (κ2) is 10.1. The van der Waals surface area contributed by atoms with Crippen LogP contribution in [0.5, 0.6) is 0 Å². The van der Waals surface area contributed by atoms with E-state index in [2.05, 4.69) is 34.9 Å². The van der Waals surface area contributed by atoms with E-state index in [-0.39, 0.29) is 48.8 Å². The normalized spacial score (nSPS) is 25.0. The molecule has 184 valence electrons. The zero-order valence-corrected chi connectivity index (χ0v) is 19.7. The fourth-order valence-electron chi connectivity index (χ4n) is 6.11. The summed E-state index contributed by atoms with van der Waals surface area (Å²) >= 11 is 0. The SMILES string of the molecule is O=C(O)CC1CCC(NC(=O)[C@H]2CC[C@@H](NC(=O)OCC3c4ccccc4-c4ccccc43)C2)C1. The van der Waals surface area contributed by atoms with Crippen LogP contribution >= 0.6 is 0 Å². The first-order valence-electron chi connectivity index (χ1n) is 12.6. The third kappa shape index (κ3) is 5.19. The van der Waals surface area contributed by atoms with Gasteiger partial charge in [0, 0.05) is 30.3 Å². The highest BCUT2D eigenvalue weighted by Crippen LogP contribution is 2.44. The van der Waals surface area contributed by atoms with E-state index in [4.69, 9.17) is 9.84 Å². The third-order valence-electron chi connectivity index (χ3n) is 7.82. The fraction of sp³-hybridized carbons (Fsp3) is 0.464. The second-order valence-corrected chi connectivity index (χ2v) is 10.2. The number of carbonyl (C=O) groups is 3. The molecule has 5 rings (SSSR count). The Morgan fingerprint density at radius 1 is 0.829 bits per heavy atom. The summed E-state index contributed by atoms with van der Waals surface area (Å²) in [6.07, 6.45) is 4.20. The van der Waals surface area contributed by atoms with Crippen LogP contribution in [0.4, 0.5) is 4.79 Å². The first kappa shape index (κ1) is 23.4. The predicted molar refractivity (Wildman–Crippen MR) is 131 cm³/mol. The number of amides is 2. The molecule has 2 amide bonds. The molecule has 0 saturated heterocycles. The molecule has 2 aromatic rings. The number of carboxylic acids is 1. The summed E-state index contributed by atoms with van der Waals surface area (Å²) in [5.41, 5.74) is 4.74. The summed E-state index contributed by atoms with van der Waals surface area (Å²) in [5.74, 6) is -0.730. The molecule has 7 heteroatoms. The van der Waals surface area contributed by atoms with Crippen LogP contribution in [-0.4, -0.2) is 41.8 Å². The summed E-state index contributed by atoms with van der Waals surface area (Å²) < 4.78 is 5.65. The first-order valence-corrected chi connectivity index (χ1v) is 12.6. The Hall–Kier alpha value is -3.35. The molecule has 0 aliphatic heterocycles. The topological polar surface area (TPSA) is 105 Å². The van der Waals surface area contributed by atoms with E-state index in [0.29, 0.717) is 6.42 Å². The number of hydrogen-bond acceptors (Lipinski definition) is 4. The molecule has 2 aromatic carbocycles. The van der Waals surface area contributed by atoms with Gasteiger partial charge < -0.3 is 20.5 Å². The van der Waals surface area contributed by atoms with Gasteiger partial charge in [-0.1, -0.05) is 48.5 Å². The molecule has 7 nitrogen and oxygen atoms in total. The van der Waals surface area contributed by atoms with Crippen LogP contribution in [0.25, 0.3) is 11.1 Å². The Labute approximate surface area is 205 Å². The minimum Gasteiger partial charge on any atom is -0.481 e. The smallest absolute Gasteiger partial charge is 0.407 e. The van der Waals surface area contributed by atoms with Crippen LogP contribution in [0.3, 0.4) is 0 Å². The van der Waals surface area contributed by atoms with Crippen LogP contribution in [0.2, 0.25) is 0 Å². The van der Waals surface area contributed by atoms with Crippen molar-refractivity contribution in [1.82, 2.24) is 10.6 Å². The van der Waals surface area contributed by atoms with Crippen LogP contribution in [-0.2, 0) is 14.3 Å². The van der Waals surface area contributed by atoms with Gasteiger partial charge in [0.25, 0.3) is 0 Å². The van der Waals surface area contributed by atoms with E-state index in [1.165, 1.54) is 22.3 Å². The molecule has 2 unspecified atom stereocenters. The van der Waals surface area contributed by atoms with Crippen molar-refractivity contribution in [3.8, 4) is 11.1 Å². The van der Waals surface area contributed by atoms with Crippen molar-refractivity contribution in [2.45, 2.75) is 62.9 Å². The highest BCUT2D eigenvalue weighted by molar-refractivity contribution is 5.80. The van der Waals surface area contributed by atoms with Gasteiger partial charge in [0.15, 0.2) is 0 Å². The number of benzene rings is 2. The van der Waals surface area contributed by atoms with Gasteiger partial charge in [0.1, 0.15) is 6.61 Å². The maximum atomic E-state index is 12.7. The van der Waals surface area contributed by atoms with Crippen molar-refractivity contribution in [1.29, 1.82) is 0 Å². The van der Waals surface area contributed by atoms with Gasteiger partial charge in [-0.3, -0.25) is 9.59 Å². The Balaban J connectivity index is 1.09. The molecule has 0 radical (unpaired) electrons. The standard InChI is InChI=1S/C28H32N2O5/c31-26(32)14-17-9-11-19(13-17)29-27(33)18-10-12-20(15-18)30-28(34)35-16-25-23-7-3-1-5-21(23)22-6-2-4-8-24(22)25/h1-8,17-20,25H,9-16H2,(H,29,33)(H,30,34)(H,31,32)/t17?,18-,19?,20+/m0/s1. The molecule has 0 bridgehead atoms. The predicted octanol–water partition coefficient (Wildman–Crippen LogP) is 4.45. The van der Waals surface area contributed by atoms with Gasteiger partial charge >= 0.3 is 12.1 Å². The molecule has 0 spiro atoms. The van der Waals surface area contributed by atoms with Crippen molar-refractivity contribution >= 4 is 18.0 Å². The van der Waals surface area contributed by atoms with Crippen LogP contribution in [0.1, 0.15) is 62.0 Å². The zero-order valence-electron chi connectivity index (χ0n) is 19.7. The fourth-order valence-corrected chi connectivity index (χ4v) is 6.11. The van der Waals surface area contributed by atoms with Crippen molar-refractivity contribution in [3.05, 3.63) is 59.7 Å². The molecule has 4 atom stereocenters. The molecule has 0 heterocycles. The molecule has 2 fully saturated rings. The van der Waals surface area contributed by atoms with E-state index in [9.17, 15) is 14.4 Å². The molecule has 35 heavy (non-hydrogen) atoms. The van der Waals surface area contributed by atoms with Gasteiger partial charge in [-0.2, -0.15) is 0 Å². The number of nitrogens with one attached hydrogen (secondary N) is 2. The lowest BCUT2D eigenvalue weighted by Gasteiger charge is -2.18. The monoisotopic (exact) mass is 476 g/mol. The second-order valence-electron chi connectivity index (χ2n) is 10.2. The van der Waals surface area contributed by atoms with E-state index >= 15 is 0 Å². The van der Waals surface area contributed by atoms with Crippen molar-refractivity contribution in [2.24, 2.45) is 11.8 Å². The minimum absolute atomic E-state index is 0.0165. The van der Waals surface area contributed by atoms with Crippen molar-refractivity contribution in [3.63, 3.8) is 0 Å². The zero-order chi connectivity index (χ0) is 24.4. The van der Waals surface area contributed by atoms with E-state index in [1.54, 1.807) is 0 Å². The summed E-state index contributed by atoms with van der Waals surface area (Å²) in [6.45, 7) is 0.273. The van der Waals surface area contributed by atoms with Gasteiger partial charge in [-0.05, 0) is 66.7 Å². The number of alkyl carbamates (subject to hydrolysis) is 1. The summed E-state index contributed by atoms with van der Waals surface area (Å²) in [6, 6.07) is 16.5. The summed E-state index contributed by atoms with van der Waals surface area (Å²) in [7, 11) is 0. The molecule has 0 aromatic heterocycles. The molecule has 3 N–H and O–H groups in total. The van der Waals surface area contributed by atoms with Crippen LogP contribution in [0.15, 0.2) is 48.5 Å². The summed E-state index contributed by atoms with van der Waals surface area (Å²) in [5, 5.41) is 15.0. The van der Waals surface area contributed by atoms with Crippen LogP contribution < -0.4 is 10.6 Å². The quantitative estimate of drug-likeness (QED) is 0.548. The Morgan fingerprint density at radius 2 is 1.46 bits per heavy atom. The Morgan fingerprint density at radius 3 is 2.14 bits per heavy atom. The van der Waals surface area contributed by atoms with Gasteiger partial charge in [-0.25, -0.2) is 4.79 Å².